The van der Waals surface area contributed by atoms with Crippen LogP contribution in [0.4, 0.5) is 5.69 Å². The number of nitrogen functional groups attached to an aromatic ring is 1. The number of halogens is 1. The van der Waals surface area contributed by atoms with Crippen molar-refractivity contribution < 1.29 is 0 Å². The van der Waals surface area contributed by atoms with E-state index in [1.54, 1.807) is 23.5 Å². The van der Waals surface area contributed by atoms with E-state index in [0.29, 0.717) is 0 Å². The maximum atomic E-state index is 6.05. The van der Waals surface area contributed by atoms with Crippen LogP contribution in [0.5, 0.6) is 0 Å². The molecule has 2 N–H and O–H groups in total. The second-order valence-electron chi connectivity index (χ2n) is 3.44. The third-order valence-electron chi connectivity index (χ3n) is 2.27. The van der Waals surface area contributed by atoms with Crippen LogP contribution in [0.15, 0.2) is 61.6 Å². The zero-order valence-corrected chi connectivity index (χ0v) is 12.5. The summed E-state index contributed by atoms with van der Waals surface area (Å²) in [4.78, 5) is 3.46. The van der Waals surface area contributed by atoms with Crippen molar-refractivity contribution >= 4 is 45.1 Å². The molecule has 0 unspecified atom stereocenters. The molecule has 88 valence electrons. The molecule has 0 aromatic heterocycles. The van der Waals surface area contributed by atoms with Gasteiger partial charge in [-0.3, -0.25) is 0 Å². The van der Waals surface area contributed by atoms with Gasteiger partial charge in [0.25, 0.3) is 0 Å². The molecular weight excluding hydrogens is 314 g/mol. The Morgan fingerprint density at radius 2 is 1.82 bits per heavy atom. The van der Waals surface area contributed by atoms with Crippen LogP contribution in [0.2, 0.25) is 0 Å². The summed E-state index contributed by atoms with van der Waals surface area (Å²) in [5.41, 5.74) is 6.88. The molecule has 17 heavy (non-hydrogen) atoms. The van der Waals surface area contributed by atoms with Crippen molar-refractivity contribution in [1.82, 2.24) is 0 Å². The second-order valence-corrected chi connectivity index (χ2v) is 6.25. The summed E-state index contributed by atoms with van der Waals surface area (Å²) in [6, 6.07) is 14.3. The van der Waals surface area contributed by atoms with E-state index in [2.05, 4.69) is 40.4 Å². The minimum atomic E-state index is 0.831. The van der Waals surface area contributed by atoms with E-state index in [1.807, 2.05) is 24.3 Å². The van der Waals surface area contributed by atoms with Crippen molar-refractivity contribution in [3.8, 4) is 0 Å². The van der Waals surface area contributed by atoms with E-state index < -0.39 is 0 Å². The van der Waals surface area contributed by atoms with Crippen LogP contribution in [0.1, 0.15) is 0 Å². The SMILES string of the molecule is CSc1ccc(Sc2ccccc2Br)c(N)c1. The molecule has 4 heteroatoms. The minimum absolute atomic E-state index is 0.831. The number of benzene rings is 2. The summed E-state index contributed by atoms with van der Waals surface area (Å²) in [7, 11) is 0. The quantitative estimate of drug-likeness (QED) is 0.641. The molecule has 0 atom stereocenters. The first kappa shape index (κ1) is 12.9. The largest absolute Gasteiger partial charge is 0.398 e. The predicted molar refractivity (Wildman–Crippen MR) is 80.9 cm³/mol. The molecule has 0 bridgehead atoms. The highest BCUT2D eigenvalue weighted by atomic mass is 79.9. The van der Waals surface area contributed by atoms with Crippen molar-refractivity contribution in [3.63, 3.8) is 0 Å². The Morgan fingerprint density at radius 1 is 1.06 bits per heavy atom. The molecule has 0 radical (unpaired) electrons. The van der Waals surface area contributed by atoms with Gasteiger partial charge < -0.3 is 5.73 Å². The third kappa shape index (κ3) is 3.21. The highest BCUT2D eigenvalue weighted by Gasteiger charge is 2.05. The van der Waals surface area contributed by atoms with Gasteiger partial charge in [-0.15, -0.1) is 11.8 Å². The Labute approximate surface area is 118 Å². The first-order valence-corrected chi connectivity index (χ1v) is 7.90. The van der Waals surface area contributed by atoms with E-state index >= 15 is 0 Å². The average Bonchev–Trinajstić information content (AvgIpc) is 2.34. The normalized spacial score (nSPS) is 10.5. The van der Waals surface area contributed by atoms with E-state index in [-0.39, 0.29) is 0 Å². The topological polar surface area (TPSA) is 26.0 Å². The third-order valence-corrected chi connectivity index (χ3v) is 5.12. The van der Waals surface area contributed by atoms with Crippen LogP contribution in [0, 0.1) is 0 Å². The maximum Gasteiger partial charge on any atom is 0.0467 e. The molecule has 0 aliphatic rings. The molecule has 0 saturated heterocycles. The second kappa shape index (κ2) is 5.85. The van der Waals surface area contributed by atoms with Gasteiger partial charge in [-0.25, -0.2) is 0 Å². The molecule has 0 aliphatic heterocycles. The van der Waals surface area contributed by atoms with Crippen molar-refractivity contribution in [2.24, 2.45) is 0 Å². The molecule has 0 spiro atoms. The first-order valence-electron chi connectivity index (χ1n) is 5.06. The number of hydrogen-bond acceptors (Lipinski definition) is 3. The first-order chi connectivity index (χ1) is 8.20. The van der Waals surface area contributed by atoms with Crippen LogP contribution in [-0.2, 0) is 0 Å². The van der Waals surface area contributed by atoms with Gasteiger partial charge in [0.05, 0.1) is 0 Å². The summed E-state index contributed by atoms with van der Waals surface area (Å²) >= 11 is 6.92. The molecule has 0 heterocycles. The number of anilines is 1. The minimum Gasteiger partial charge on any atom is -0.398 e. The van der Waals surface area contributed by atoms with Gasteiger partial charge in [0.2, 0.25) is 0 Å². The highest BCUT2D eigenvalue weighted by Crippen LogP contribution is 2.37. The van der Waals surface area contributed by atoms with Crippen molar-refractivity contribution in [1.29, 1.82) is 0 Å². The molecule has 0 saturated carbocycles. The zero-order chi connectivity index (χ0) is 12.3. The van der Waals surface area contributed by atoms with Gasteiger partial charge in [0, 0.05) is 24.8 Å². The number of hydrogen-bond donors (Lipinski definition) is 1. The van der Waals surface area contributed by atoms with Gasteiger partial charge in [-0.2, -0.15) is 0 Å². The van der Waals surface area contributed by atoms with Crippen LogP contribution in [-0.4, -0.2) is 6.26 Å². The average molecular weight is 326 g/mol. The molecule has 1 nitrogen and oxygen atoms in total. The lowest BCUT2D eigenvalue weighted by Gasteiger charge is -2.08. The fourth-order valence-corrected chi connectivity index (χ4v) is 3.23. The number of thioether (sulfide) groups is 1. The Hall–Kier alpha value is -0.580. The Balaban J connectivity index is 2.28. The fraction of sp³-hybridized carbons (Fsp3) is 0.0769. The van der Waals surface area contributed by atoms with Gasteiger partial charge in [-0.05, 0) is 52.5 Å². The van der Waals surface area contributed by atoms with Crippen LogP contribution in [0.3, 0.4) is 0 Å². The summed E-state index contributed by atoms with van der Waals surface area (Å²) in [5, 5.41) is 0. The lowest BCUT2D eigenvalue weighted by atomic mass is 10.3. The van der Waals surface area contributed by atoms with Gasteiger partial charge in [-0.1, -0.05) is 23.9 Å². The fourth-order valence-electron chi connectivity index (χ4n) is 1.39. The molecular formula is C13H12BrNS2. The molecule has 2 aromatic rings. The standard InChI is InChI=1S/C13H12BrNS2/c1-16-9-6-7-13(11(15)8-9)17-12-5-3-2-4-10(12)14/h2-8H,15H2,1H3. The summed E-state index contributed by atoms with van der Waals surface area (Å²) in [5.74, 6) is 0. The highest BCUT2D eigenvalue weighted by molar-refractivity contribution is 9.10. The molecule has 2 rings (SSSR count). The predicted octanol–water partition coefficient (Wildman–Crippen LogP) is 4.90. The summed E-state index contributed by atoms with van der Waals surface area (Å²) in [6.07, 6.45) is 2.05. The number of rotatable bonds is 3. The van der Waals surface area contributed by atoms with E-state index in [1.165, 1.54) is 9.79 Å². The lowest BCUT2D eigenvalue weighted by molar-refractivity contribution is 1.34. The summed E-state index contributed by atoms with van der Waals surface area (Å²) in [6.45, 7) is 0. The smallest absolute Gasteiger partial charge is 0.0467 e. The van der Waals surface area contributed by atoms with E-state index in [9.17, 15) is 0 Å². The lowest BCUT2D eigenvalue weighted by Crippen LogP contribution is -1.89. The maximum absolute atomic E-state index is 6.05. The Kier molecular flexibility index (Phi) is 4.42. The van der Waals surface area contributed by atoms with Crippen LogP contribution < -0.4 is 5.73 Å². The Bertz CT molecular complexity index is 529. The number of nitrogens with two attached hydrogens (primary N) is 1. The zero-order valence-electron chi connectivity index (χ0n) is 9.31. The van der Waals surface area contributed by atoms with Crippen molar-refractivity contribution in [3.05, 3.63) is 46.9 Å². The van der Waals surface area contributed by atoms with E-state index in [0.717, 1.165) is 15.1 Å². The van der Waals surface area contributed by atoms with Gasteiger partial charge in [0.1, 0.15) is 0 Å². The van der Waals surface area contributed by atoms with Crippen molar-refractivity contribution in [2.75, 3.05) is 12.0 Å². The molecule has 2 aromatic carbocycles. The summed E-state index contributed by atoms with van der Waals surface area (Å²) < 4.78 is 1.10. The van der Waals surface area contributed by atoms with Crippen LogP contribution in [0.25, 0.3) is 0 Å². The van der Waals surface area contributed by atoms with Crippen molar-refractivity contribution in [2.45, 2.75) is 14.7 Å². The van der Waals surface area contributed by atoms with Gasteiger partial charge >= 0.3 is 0 Å². The molecule has 0 amide bonds. The Morgan fingerprint density at radius 3 is 2.47 bits per heavy atom. The molecule has 0 fully saturated rings. The van der Waals surface area contributed by atoms with Crippen LogP contribution >= 0.6 is 39.5 Å². The van der Waals surface area contributed by atoms with E-state index in [4.69, 9.17) is 5.73 Å². The monoisotopic (exact) mass is 325 g/mol. The van der Waals surface area contributed by atoms with Gasteiger partial charge in [0.15, 0.2) is 0 Å². The molecule has 0 aliphatic carbocycles.